The van der Waals surface area contributed by atoms with Gasteiger partial charge in [0.15, 0.2) is 0 Å². The maximum Gasteiger partial charge on any atom is 0.0551 e. The minimum atomic E-state index is 0.375. The molecule has 3 heteroatoms. The van der Waals surface area contributed by atoms with Crippen LogP contribution in [0.15, 0.2) is 24.5 Å². The second-order valence-corrected chi connectivity index (χ2v) is 4.35. The van der Waals surface area contributed by atoms with E-state index < -0.39 is 0 Å². The van der Waals surface area contributed by atoms with E-state index in [1.807, 2.05) is 24.2 Å². The Hall–Kier alpha value is -0.540. The first kappa shape index (κ1) is 11.5. The van der Waals surface area contributed by atoms with Crippen molar-refractivity contribution < 1.29 is 4.74 Å². The molecule has 0 spiro atoms. The number of hydrogen-bond donors (Lipinski definition) is 0. The highest BCUT2D eigenvalue weighted by Crippen LogP contribution is 2.13. The van der Waals surface area contributed by atoms with Crippen LogP contribution in [0.25, 0.3) is 0 Å². The van der Waals surface area contributed by atoms with Crippen LogP contribution in [0.1, 0.15) is 18.9 Å². The quantitative estimate of drug-likeness (QED) is 0.675. The molecule has 2 nitrogen and oxygen atoms in total. The van der Waals surface area contributed by atoms with Crippen molar-refractivity contribution >= 4 is 11.8 Å². The zero-order valence-electron chi connectivity index (χ0n) is 8.77. The number of rotatable bonds is 6. The lowest BCUT2D eigenvalue weighted by atomic mass is 10.3. The van der Waals surface area contributed by atoms with Crippen LogP contribution >= 0.6 is 11.8 Å². The highest BCUT2D eigenvalue weighted by molar-refractivity contribution is 7.98. The second-order valence-electron chi connectivity index (χ2n) is 3.24. The number of aromatic nitrogens is 1. The van der Waals surface area contributed by atoms with Crippen molar-refractivity contribution in [1.29, 1.82) is 0 Å². The van der Waals surface area contributed by atoms with E-state index in [2.05, 4.69) is 24.0 Å². The van der Waals surface area contributed by atoms with Gasteiger partial charge in [-0.15, -0.1) is 0 Å². The van der Waals surface area contributed by atoms with Crippen LogP contribution in [-0.4, -0.2) is 24.0 Å². The number of pyridine rings is 1. The topological polar surface area (TPSA) is 22.1 Å². The molecule has 1 aromatic rings. The molecule has 0 bridgehead atoms. The Morgan fingerprint density at radius 2 is 2.14 bits per heavy atom. The zero-order valence-corrected chi connectivity index (χ0v) is 9.59. The van der Waals surface area contributed by atoms with Crippen LogP contribution < -0.4 is 0 Å². The molecular formula is C11H17NOS. The van der Waals surface area contributed by atoms with E-state index in [-0.39, 0.29) is 0 Å². The predicted molar refractivity (Wildman–Crippen MR) is 61.5 cm³/mol. The lowest BCUT2D eigenvalue weighted by molar-refractivity contribution is 0.116. The Balaban J connectivity index is 2.10. The second kappa shape index (κ2) is 6.85. The Bertz CT molecular complexity index is 240. The fourth-order valence-corrected chi connectivity index (χ4v) is 2.11. The monoisotopic (exact) mass is 211 g/mol. The average molecular weight is 211 g/mol. The molecule has 0 aromatic carbocycles. The molecule has 0 saturated heterocycles. The Labute approximate surface area is 90.1 Å². The summed E-state index contributed by atoms with van der Waals surface area (Å²) in [7, 11) is 1.76. The Morgan fingerprint density at radius 1 is 1.43 bits per heavy atom. The first-order valence-corrected chi connectivity index (χ1v) is 5.98. The van der Waals surface area contributed by atoms with Crippen molar-refractivity contribution in [2.45, 2.75) is 25.2 Å². The van der Waals surface area contributed by atoms with Crippen LogP contribution in [0, 0.1) is 0 Å². The molecule has 0 aliphatic rings. The van der Waals surface area contributed by atoms with Gasteiger partial charge in [0.2, 0.25) is 0 Å². The molecule has 0 aliphatic heterocycles. The van der Waals surface area contributed by atoms with Gasteiger partial charge in [-0.3, -0.25) is 4.98 Å². The molecule has 0 saturated carbocycles. The first-order chi connectivity index (χ1) is 6.83. The fraction of sp³-hybridized carbons (Fsp3) is 0.545. The van der Waals surface area contributed by atoms with Gasteiger partial charge < -0.3 is 4.74 Å². The summed E-state index contributed by atoms with van der Waals surface area (Å²) in [4.78, 5) is 3.99. The van der Waals surface area contributed by atoms with Crippen molar-refractivity contribution in [3.8, 4) is 0 Å². The fourth-order valence-electron chi connectivity index (χ4n) is 1.04. The van der Waals surface area contributed by atoms with E-state index in [0.29, 0.717) is 6.10 Å². The molecule has 0 N–H and O–H groups in total. The average Bonchev–Trinajstić information content (AvgIpc) is 2.25. The van der Waals surface area contributed by atoms with Gasteiger partial charge >= 0.3 is 0 Å². The summed E-state index contributed by atoms with van der Waals surface area (Å²) < 4.78 is 5.18. The first-order valence-electron chi connectivity index (χ1n) is 4.82. The lowest BCUT2D eigenvalue weighted by Gasteiger charge is -2.08. The molecule has 1 heterocycles. The third-order valence-corrected chi connectivity index (χ3v) is 3.15. The Morgan fingerprint density at radius 3 is 2.79 bits per heavy atom. The summed E-state index contributed by atoms with van der Waals surface area (Å²) in [5.74, 6) is 2.22. The summed E-state index contributed by atoms with van der Waals surface area (Å²) in [6.45, 7) is 2.10. The maximum atomic E-state index is 5.18. The van der Waals surface area contributed by atoms with Gasteiger partial charge in [-0.05, 0) is 36.8 Å². The standard InChI is InChI=1S/C11H17NOS/c1-10(13-2)5-8-14-9-11-3-6-12-7-4-11/h3-4,6-7,10H,5,8-9H2,1-2H3. The van der Waals surface area contributed by atoms with Crippen molar-refractivity contribution in [3.05, 3.63) is 30.1 Å². The minimum Gasteiger partial charge on any atom is -0.382 e. The molecule has 0 fully saturated rings. The van der Waals surface area contributed by atoms with Gasteiger partial charge in [-0.1, -0.05) is 0 Å². The van der Waals surface area contributed by atoms with E-state index in [4.69, 9.17) is 4.74 Å². The lowest BCUT2D eigenvalue weighted by Crippen LogP contribution is -2.05. The molecule has 0 radical (unpaired) electrons. The van der Waals surface area contributed by atoms with Gasteiger partial charge in [0, 0.05) is 25.3 Å². The summed E-state index contributed by atoms with van der Waals surface area (Å²) in [5.41, 5.74) is 1.34. The normalized spacial score (nSPS) is 12.7. The SMILES string of the molecule is COC(C)CCSCc1ccncc1. The molecule has 1 rings (SSSR count). The van der Waals surface area contributed by atoms with Gasteiger partial charge in [-0.25, -0.2) is 0 Å². The van der Waals surface area contributed by atoms with Crippen molar-refractivity contribution in [3.63, 3.8) is 0 Å². The molecule has 1 unspecified atom stereocenters. The molecule has 14 heavy (non-hydrogen) atoms. The highest BCUT2D eigenvalue weighted by Gasteiger charge is 1.99. The number of nitrogens with zero attached hydrogens (tertiary/aromatic N) is 1. The molecule has 0 amide bonds. The van der Waals surface area contributed by atoms with Crippen LogP contribution in [0.4, 0.5) is 0 Å². The minimum absolute atomic E-state index is 0.375. The number of hydrogen-bond acceptors (Lipinski definition) is 3. The van der Waals surface area contributed by atoms with Gasteiger partial charge in [0.25, 0.3) is 0 Å². The van der Waals surface area contributed by atoms with Gasteiger partial charge in [0.1, 0.15) is 0 Å². The zero-order chi connectivity index (χ0) is 10.2. The molecule has 1 atom stereocenters. The van der Waals surface area contributed by atoms with E-state index in [0.717, 1.165) is 17.9 Å². The van der Waals surface area contributed by atoms with Crippen molar-refractivity contribution in [1.82, 2.24) is 4.98 Å². The maximum absolute atomic E-state index is 5.18. The van der Waals surface area contributed by atoms with Crippen molar-refractivity contribution in [2.75, 3.05) is 12.9 Å². The van der Waals surface area contributed by atoms with E-state index in [1.165, 1.54) is 5.56 Å². The van der Waals surface area contributed by atoms with Crippen LogP contribution in [-0.2, 0) is 10.5 Å². The summed E-state index contributed by atoms with van der Waals surface area (Å²) in [6.07, 6.45) is 5.17. The number of methoxy groups -OCH3 is 1. The van der Waals surface area contributed by atoms with Crippen molar-refractivity contribution in [2.24, 2.45) is 0 Å². The third-order valence-electron chi connectivity index (χ3n) is 2.09. The third kappa shape index (κ3) is 4.63. The largest absolute Gasteiger partial charge is 0.382 e. The van der Waals surface area contributed by atoms with Gasteiger partial charge in [-0.2, -0.15) is 11.8 Å². The summed E-state index contributed by atoms with van der Waals surface area (Å²) >= 11 is 1.94. The molecular weight excluding hydrogens is 194 g/mol. The van der Waals surface area contributed by atoms with Gasteiger partial charge in [0.05, 0.1) is 6.10 Å². The van der Waals surface area contributed by atoms with Crippen LogP contribution in [0.3, 0.4) is 0 Å². The molecule has 78 valence electrons. The van der Waals surface area contributed by atoms with Crippen LogP contribution in [0.5, 0.6) is 0 Å². The van der Waals surface area contributed by atoms with Crippen LogP contribution in [0.2, 0.25) is 0 Å². The summed E-state index contributed by atoms with van der Waals surface area (Å²) in [6, 6.07) is 4.12. The Kier molecular flexibility index (Phi) is 5.64. The smallest absolute Gasteiger partial charge is 0.0551 e. The molecule has 1 aromatic heterocycles. The number of ether oxygens (including phenoxy) is 1. The van der Waals surface area contributed by atoms with E-state index >= 15 is 0 Å². The number of thioether (sulfide) groups is 1. The molecule has 0 aliphatic carbocycles. The van der Waals surface area contributed by atoms with E-state index in [1.54, 1.807) is 7.11 Å². The predicted octanol–water partition coefficient (Wildman–Crippen LogP) is 2.74. The van der Waals surface area contributed by atoms with E-state index in [9.17, 15) is 0 Å². The summed E-state index contributed by atoms with van der Waals surface area (Å²) in [5, 5.41) is 0. The highest BCUT2D eigenvalue weighted by atomic mass is 32.2.